The van der Waals surface area contributed by atoms with Crippen molar-refractivity contribution < 1.29 is 19.0 Å². The van der Waals surface area contributed by atoms with Gasteiger partial charge in [-0.05, 0) is 38.6 Å². The topological polar surface area (TPSA) is 56.8 Å². The van der Waals surface area contributed by atoms with Crippen molar-refractivity contribution in [3.05, 3.63) is 0 Å². The van der Waals surface area contributed by atoms with Crippen LogP contribution in [0.3, 0.4) is 0 Å². The van der Waals surface area contributed by atoms with Gasteiger partial charge in [-0.25, -0.2) is 0 Å². The summed E-state index contributed by atoms with van der Waals surface area (Å²) in [5, 5.41) is 3.12. The minimum Gasteiger partial charge on any atom is -0.468 e. The van der Waals surface area contributed by atoms with Crippen LogP contribution in [-0.2, 0) is 19.0 Å². The van der Waals surface area contributed by atoms with Crippen LogP contribution in [0.1, 0.15) is 32.1 Å². The van der Waals surface area contributed by atoms with Gasteiger partial charge >= 0.3 is 5.97 Å². The Morgan fingerprint density at radius 1 is 1.37 bits per heavy atom. The van der Waals surface area contributed by atoms with E-state index >= 15 is 0 Å². The van der Waals surface area contributed by atoms with E-state index in [9.17, 15) is 4.79 Å². The van der Waals surface area contributed by atoms with E-state index in [2.05, 4.69) is 5.32 Å². The molecule has 0 aromatic rings. The fraction of sp³-hybridized carbons (Fsp3) is 0.929. The maximum Gasteiger partial charge on any atom is 0.326 e. The summed E-state index contributed by atoms with van der Waals surface area (Å²) < 4.78 is 16.2. The molecule has 1 aliphatic heterocycles. The maximum absolute atomic E-state index is 11.9. The zero-order valence-corrected chi connectivity index (χ0v) is 11.9. The van der Waals surface area contributed by atoms with Gasteiger partial charge in [0.15, 0.2) is 0 Å². The molecule has 2 aliphatic rings. The first-order valence-corrected chi connectivity index (χ1v) is 7.17. The predicted octanol–water partition coefficient (Wildman–Crippen LogP) is 1.11. The molecule has 1 N–H and O–H groups in total. The van der Waals surface area contributed by atoms with E-state index in [4.69, 9.17) is 14.2 Å². The normalized spacial score (nSPS) is 32.4. The molecule has 1 saturated heterocycles. The number of carbonyl (C=O) groups excluding carboxylic acids is 1. The van der Waals surface area contributed by atoms with Crippen LogP contribution in [0.15, 0.2) is 0 Å². The van der Waals surface area contributed by atoms with Crippen LogP contribution in [0.2, 0.25) is 0 Å². The number of hydrogen-bond donors (Lipinski definition) is 1. The highest BCUT2D eigenvalue weighted by Crippen LogP contribution is 2.33. The van der Waals surface area contributed by atoms with E-state index in [0.29, 0.717) is 12.3 Å². The lowest BCUT2D eigenvalue weighted by Gasteiger charge is -2.26. The minimum absolute atomic E-state index is 0.161. The maximum atomic E-state index is 11.9. The summed E-state index contributed by atoms with van der Waals surface area (Å²) in [4.78, 5) is 11.9. The molecule has 19 heavy (non-hydrogen) atoms. The molecule has 5 heteroatoms. The van der Waals surface area contributed by atoms with Crippen LogP contribution in [0.5, 0.6) is 0 Å². The average Bonchev–Trinajstić information content (AvgIpc) is 2.90. The Hall–Kier alpha value is -0.650. The van der Waals surface area contributed by atoms with E-state index in [-0.39, 0.29) is 12.1 Å². The van der Waals surface area contributed by atoms with E-state index < -0.39 is 5.54 Å². The van der Waals surface area contributed by atoms with E-state index in [1.807, 2.05) is 7.05 Å². The van der Waals surface area contributed by atoms with Gasteiger partial charge in [0, 0.05) is 26.2 Å². The van der Waals surface area contributed by atoms with E-state index in [1.165, 1.54) is 7.11 Å². The first-order valence-electron chi connectivity index (χ1n) is 7.17. The Labute approximate surface area is 115 Å². The van der Waals surface area contributed by atoms with Crippen LogP contribution < -0.4 is 5.32 Å². The lowest BCUT2D eigenvalue weighted by molar-refractivity contribution is -0.148. The van der Waals surface area contributed by atoms with Crippen molar-refractivity contribution in [2.75, 3.05) is 34.0 Å². The third-order valence-corrected chi connectivity index (χ3v) is 4.43. The summed E-state index contributed by atoms with van der Waals surface area (Å²) in [6.45, 7) is 2.48. The Morgan fingerprint density at radius 3 is 2.74 bits per heavy atom. The number of likely N-dealkylation sites (N-methyl/N-ethyl adjacent to an activating group) is 1. The highest BCUT2D eigenvalue weighted by Gasteiger charge is 2.45. The Kier molecular flexibility index (Phi) is 5.19. The second-order valence-corrected chi connectivity index (χ2v) is 5.58. The second kappa shape index (κ2) is 6.68. The lowest BCUT2D eigenvalue weighted by atomic mass is 9.98. The fourth-order valence-electron chi connectivity index (χ4n) is 3.04. The first-order chi connectivity index (χ1) is 9.20. The van der Waals surface area contributed by atoms with Crippen molar-refractivity contribution >= 4 is 5.97 Å². The summed E-state index contributed by atoms with van der Waals surface area (Å²) in [6, 6.07) is 0. The standard InChI is InChI=1S/C14H25NO4/c1-15-14(13(16)17-2)6-3-12(9-14)19-10-11-4-7-18-8-5-11/h11-12,15H,3-10H2,1-2H3. The van der Waals surface area contributed by atoms with Gasteiger partial charge in [0.05, 0.1) is 13.2 Å². The van der Waals surface area contributed by atoms with Crippen LogP contribution in [0.4, 0.5) is 0 Å². The summed E-state index contributed by atoms with van der Waals surface area (Å²) in [5.74, 6) is 0.434. The molecule has 1 heterocycles. The number of methoxy groups -OCH3 is 1. The number of rotatable bonds is 5. The second-order valence-electron chi connectivity index (χ2n) is 5.58. The average molecular weight is 271 g/mol. The number of esters is 1. The summed E-state index contributed by atoms with van der Waals surface area (Å²) >= 11 is 0. The molecule has 0 aromatic carbocycles. The van der Waals surface area contributed by atoms with Crippen molar-refractivity contribution in [1.29, 1.82) is 0 Å². The Bertz CT molecular complexity index is 304. The molecule has 2 fully saturated rings. The van der Waals surface area contributed by atoms with Crippen LogP contribution in [0, 0.1) is 5.92 Å². The number of carbonyl (C=O) groups is 1. The van der Waals surface area contributed by atoms with Gasteiger partial charge in [-0.1, -0.05) is 0 Å². The third kappa shape index (κ3) is 3.46. The van der Waals surface area contributed by atoms with E-state index in [1.54, 1.807) is 0 Å². The molecular weight excluding hydrogens is 246 g/mol. The minimum atomic E-state index is -0.547. The molecule has 1 aliphatic carbocycles. The highest BCUT2D eigenvalue weighted by molar-refractivity contribution is 5.81. The van der Waals surface area contributed by atoms with Gasteiger partial charge in [0.25, 0.3) is 0 Å². The molecule has 0 aromatic heterocycles. The Morgan fingerprint density at radius 2 is 2.11 bits per heavy atom. The van der Waals surface area contributed by atoms with Gasteiger partial charge in [-0.15, -0.1) is 0 Å². The molecule has 1 saturated carbocycles. The largest absolute Gasteiger partial charge is 0.468 e. The fourth-order valence-corrected chi connectivity index (χ4v) is 3.04. The molecule has 0 bridgehead atoms. The van der Waals surface area contributed by atoms with Gasteiger partial charge in [-0.2, -0.15) is 0 Å². The van der Waals surface area contributed by atoms with Gasteiger partial charge in [0.2, 0.25) is 0 Å². The molecular formula is C14H25NO4. The number of hydrogen-bond acceptors (Lipinski definition) is 5. The molecule has 0 amide bonds. The molecule has 110 valence electrons. The van der Waals surface area contributed by atoms with Gasteiger partial charge < -0.3 is 19.5 Å². The first kappa shape index (κ1) is 14.8. The quantitative estimate of drug-likeness (QED) is 0.759. The smallest absolute Gasteiger partial charge is 0.326 e. The van der Waals surface area contributed by atoms with Crippen molar-refractivity contribution in [3.8, 4) is 0 Å². The number of nitrogens with one attached hydrogen (secondary N) is 1. The molecule has 0 spiro atoms. The third-order valence-electron chi connectivity index (χ3n) is 4.43. The SMILES string of the molecule is CNC1(C(=O)OC)CCC(OCC2CCOCC2)C1. The summed E-state index contributed by atoms with van der Waals surface area (Å²) in [7, 11) is 3.26. The summed E-state index contributed by atoms with van der Waals surface area (Å²) in [6.07, 6.45) is 4.74. The Balaban J connectivity index is 1.79. The van der Waals surface area contributed by atoms with Crippen molar-refractivity contribution in [1.82, 2.24) is 5.32 Å². The predicted molar refractivity (Wildman–Crippen MR) is 70.9 cm³/mol. The van der Waals surface area contributed by atoms with Gasteiger partial charge in [0.1, 0.15) is 5.54 Å². The zero-order valence-electron chi connectivity index (χ0n) is 11.9. The zero-order chi connectivity index (χ0) is 13.7. The monoisotopic (exact) mass is 271 g/mol. The highest BCUT2D eigenvalue weighted by atomic mass is 16.5. The summed E-state index contributed by atoms with van der Waals surface area (Å²) in [5.41, 5.74) is -0.547. The van der Waals surface area contributed by atoms with Crippen molar-refractivity contribution in [3.63, 3.8) is 0 Å². The molecule has 0 radical (unpaired) electrons. The van der Waals surface area contributed by atoms with E-state index in [0.717, 1.165) is 45.5 Å². The van der Waals surface area contributed by atoms with Crippen molar-refractivity contribution in [2.24, 2.45) is 5.92 Å². The number of ether oxygens (including phenoxy) is 3. The van der Waals surface area contributed by atoms with Crippen molar-refractivity contribution in [2.45, 2.75) is 43.7 Å². The molecule has 2 unspecified atom stereocenters. The lowest BCUT2D eigenvalue weighted by Crippen LogP contribution is -2.49. The van der Waals surface area contributed by atoms with Crippen LogP contribution in [-0.4, -0.2) is 51.6 Å². The van der Waals surface area contributed by atoms with Gasteiger partial charge in [-0.3, -0.25) is 4.79 Å². The molecule has 5 nitrogen and oxygen atoms in total. The van der Waals surface area contributed by atoms with Crippen LogP contribution in [0.25, 0.3) is 0 Å². The van der Waals surface area contributed by atoms with Crippen LogP contribution >= 0.6 is 0 Å². The molecule has 2 rings (SSSR count). The molecule has 2 atom stereocenters.